The minimum atomic E-state index is -3.47. The maximum absolute atomic E-state index is 12.8. The summed E-state index contributed by atoms with van der Waals surface area (Å²) in [7, 11) is -1.84. The number of hydrogen-bond acceptors (Lipinski definition) is 4. The molecular formula is C15H22N2O3S2. The van der Waals surface area contributed by atoms with E-state index in [1.54, 1.807) is 24.6 Å². The Morgan fingerprint density at radius 1 is 1.36 bits per heavy atom. The first-order chi connectivity index (χ1) is 10.5. The van der Waals surface area contributed by atoms with Gasteiger partial charge in [-0.05, 0) is 29.7 Å². The zero-order valence-corrected chi connectivity index (χ0v) is 14.4. The van der Waals surface area contributed by atoms with Crippen molar-refractivity contribution in [2.45, 2.75) is 36.3 Å². The first-order valence-corrected chi connectivity index (χ1v) is 10.1. The Morgan fingerprint density at radius 3 is 2.68 bits per heavy atom. The number of carbonyl (C=O) groups is 1. The highest BCUT2D eigenvalue weighted by molar-refractivity contribution is 7.91. The van der Waals surface area contributed by atoms with Gasteiger partial charge in [-0.15, -0.1) is 11.3 Å². The van der Waals surface area contributed by atoms with Crippen LogP contribution in [0.3, 0.4) is 0 Å². The summed E-state index contributed by atoms with van der Waals surface area (Å²) in [6.07, 6.45) is 5.24. The maximum atomic E-state index is 12.8. The van der Waals surface area contributed by atoms with Gasteiger partial charge in [-0.1, -0.05) is 25.3 Å². The molecule has 122 valence electrons. The van der Waals surface area contributed by atoms with Crippen molar-refractivity contribution in [1.29, 1.82) is 0 Å². The molecule has 2 aliphatic rings. The number of rotatable bonds is 3. The van der Waals surface area contributed by atoms with Crippen LogP contribution in [0.2, 0.25) is 0 Å². The van der Waals surface area contributed by atoms with Gasteiger partial charge >= 0.3 is 0 Å². The third-order valence-corrected chi connectivity index (χ3v) is 8.30. The Kier molecular flexibility index (Phi) is 4.31. The van der Waals surface area contributed by atoms with E-state index in [2.05, 4.69) is 5.32 Å². The van der Waals surface area contributed by atoms with Crippen LogP contribution in [0.1, 0.15) is 32.1 Å². The van der Waals surface area contributed by atoms with E-state index in [9.17, 15) is 13.2 Å². The number of amides is 1. The molecule has 1 aromatic heterocycles. The first kappa shape index (κ1) is 16.0. The molecule has 3 rings (SSSR count). The SMILES string of the molecule is CNC(=O)C1CN(S(=O)(=O)c2cccs2)CC12CCCCC2. The highest BCUT2D eigenvalue weighted by Gasteiger charge is 2.52. The Hall–Kier alpha value is -0.920. The molecule has 1 aliphatic carbocycles. The monoisotopic (exact) mass is 342 g/mol. The number of nitrogens with zero attached hydrogens (tertiary/aromatic N) is 1. The van der Waals surface area contributed by atoms with Gasteiger partial charge in [-0.25, -0.2) is 8.42 Å². The molecule has 2 heterocycles. The van der Waals surface area contributed by atoms with Crippen molar-refractivity contribution in [3.63, 3.8) is 0 Å². The average molecular weight is 342 g/mol. The van der Waals surface area contributed by atoms with Crippen molar-refractivity contribution in [1.82, 2.24) is 9.62 Å². The van der Waals surface area contributed by atoms with E-state index in [0.29, 0.717) is 17.3 Å². The lowest BCUT2D eigenvalue weighted by atomic mass is 9.67. The molecule has 5 nitrogen and oxygen atoms in total. The van der Waals surface area contributed by atoms with E-state index in [4.69, 9.17) is 0 Å². The van der Waals surface area contributed by atoms with Gasteiger partial charge in [-0.3, -0.25) is 4.79 Å². The van der Waals surface area contributed by atoms with Gasteiger partial charge in [0.05, 0.1) is 5.92 Å². The summed E-state index contributed by atoms with van der Waals surface area (Å²) in [5, 5.41) is 4.50. The van der Waals surface area contributed by atoms with Crippen LogP contribution in [0.5, 0.6) is 0 Å². The summed E-state index contributed by atoms with van der Waals surface area (Å²) < 4.78 is 27.5. The average Bonchev–Trinajstić information content (AvgIpc) is 3.16. The first-order valence-electron chi connectivity index (χ1n) is 7.75. The lowest BCUT2D eigenvalue weighted by molar-refractivity contribution is -0.127. The molecule has 1 N–H and O–H groups in total. The van der Waals surface area contributed by atoms with E-state index in [1.807, 2.05) is 0 Å². The summed E-state index contributed by atoms with van der Waals surface area (Å²) in [4.78, 5) is 12.3. The van der Waals surface area contributed by atoms with Crippen LogP contribution in [0.25, 0.3) is 0 Å². The summed E-state index contributed by atoms with van der Waals surface area (Å²) in [6.45, 7) is 0.783. The zero-order valence-electron chi connectivity index (χ0n) is 12.7. The van der Waals surface area contributed by atoms with E-state index < -0.39 is 10.0 Å². The molecular weight excluding hydrogens is 320 g/mol. The minimum Gasteiger partial charge on any atom is -0.359 e. The molecule has 1 aromatic rings. The molecule has 0 aromatic carbocycles. The molecule has 1 amide bonds. The molecule has 0 radical (unpaired) electrons. The van der Waals surface area contributed by atoms with Gasteiger partial charge in [0.25, 0.3) is 10.0 Å². The van der Waals surface area contributed by atoms with Crippen molar-refractivity contribution < 1.29 is 13.2 Å². The molecule has 0 bridgehead atoms. The van der Waals surface area contributed by atoms with Crippen LogP contribution in [0.4, 0.5) is 0 Å². The Bertz CT molecular complexity index is 634. The molecule has 2 fully saturated rings. The van der Waals surface area contributed by atoms with E-state index in [0.717, 1.165) is 25.7 Å². The normalized spacial score (nSPS) is 25.4. The number of sulfonamides is 1. The van der Waals surface area contributed by atoms with E-state index >= 15 is 0 Å². The van der Waals surface area contributed by atoms with Gasteiger partial charge in [0.2, 0.25) is 5.91 Å². The van der Waals surface area contributed by atoms with Crippen molar-refractivity contribution in [2.75, 3.05) is 20.1 Å². The summed E-state index contributed by atoms with van der Waals surface area (Å²) in [5.41, 5.74) is -0.178. The van der Waals surface area contributed by atoms with Crippen molar-refractivity contribution in [2.24, 2.45) is 11.3 Å². The second-order valence-electron chi connectivity index (χ2n) is 6.32. The lowest BCUT2D eigenvalue weighted by Gasteiger charge is -2.37. The highest BCUT2D eigenvalue weighted by Crippen LogP contribution is 2.49. The molecule has 1 unspecified atom stereocenters. The van der Waals surface area contributed by atoms with Crippen LogP contribution in [0, 0.1) is 11.3 Å². The highest BCUT2D eigenvalue weighted by atomic mass is 32.2. The van der Waals surface area contributed by atoms with Crippen molar-refractivity contribution in [3.05, 3.63) is 17.5 Å². The van der Waals surface area contributed by atoms with Crippen molar-refractivity contribution >= 4 is 27.3 Å². The van der Waals surface area contributed by atoms with Gasteiger partial charge < -0.3 is 5.32 Å². The number of thiophene rings is 1. The fourth-order valence-corrected chi connectivity index (χ4v) is 6.64. The second kappa shape index (κ2) is 5.94. The van der Waals surface area contributed by atoms with Gasteiger partial charge in [-0.2, -0.15) is 4.31 Å². The number of hydrogen-bond donors (Lipinski definition) is 1. The van der Waals surface area contributed by atoms with Crippen LogP contribution in [0.15, 0.2) is 21.7 Å². The van der Waals surface area contributed by atoms with Crippen LogP contribution in [-0.2, 0) is 14.8 Å². The lowest BCUT2D eigenvalue weighted by Crippen LogP contribution is -2.41. The topological polar surface area (TPSA) is 66.5 Å². The Labute approximate surface area is 135 Å². The zero-order chi connectivity index (χ0) is 15.8. The number of carbonyl (C=O) groups excluding carboxylic acids is 1. The predicted octanol–water partition coefficient (Wildman–Crippen LogP) is 2.07. The summed E-state index contributed by atoms with van der Waals surface area (Å²) in [5.74, 6) is -0.252. The standard InChI is InChI=1S/C15H22N2O3S2/c1-16-14(18)12-10-17(11-15(12)7-3-2-4-8-15)22(19,20)13-6-5-9-21-13/h5-6,9,12H,2-4,7-8,10-11H2,1H3,(H,16,18). The fourth-order valence-electron chi connectivity index (χ4n) is 3.94. The maximum Gasteiger partial charge on any atom is 0.252 e. The van der Waals surface area contributed by atoms with Crippen LogP contribution in [-0.4, -0.2) is 38.8 Å². The smallest absolute Gasteiger partial charge is 0.252 e. The minimum absolute atomic E-state index is 0.0224. The van der Waals surface area contributed by atoms with E-state index in [-0.39, 0.29) is 17.2 Å². The Morgan fingerprint density at radius 2 is 2.09 bits per heavy atom. The van der Waals surface area contributed by atoms with Crippen molar-refractivity contribution in [3.8, 4) is 0 Å². The summed E-state index contributed by atoms with van der Waals surface area (Å²) >= 11 is 1.24. The molecule has 1 saturated carbocycles. The molecule has 1 saturated heterocycles. The molecule has 22 heavy (non-hydrogen) atoms. The van der Waals surface area contributed by atoms with Crippen LogP contribution < -0.4 is 5.32 Å². The van der Waals surface area contributed by atoms with Gasteiger partial charge in [0.15, 0.2) is 0 Å². The van der Waals surface area contributed by atoms with Gasteiger partial charge in [0.1, 0.15) is 4.21 Å². The quantitative estimate of drug-likeness (QED) is 0.914. The predicted molar refractivity (Wildman–Crippen MR) is 86.2 cm³/mol. The fraction of sp³-hybridized carbons (Fsp3) is 0.667. The van der Waals surface area contributed by atoms with Gasteiger partial charge in [0, 0.05) is 20.1 Å². The molecule has 1 atom stereocenters. The summed E-state index contributed by atoms with van der Waals surface area (Å²) in [6, 6.07) is 3.39. The molecule has 1 spiro atoms. The number of nitrogens with one attached hydrogen (secondary N) is 1. The van der Waals surface area contributed by atoms with Crippen LogP contribution >= 0.6 is 11.3 Å². The molecule has 7 heteroatoms. The molecule has 1 aliphatic heterocycles. The third kappa shape index (κ3) is 2.59. The third-order valence-electron chi connectivity index (χ3n) is 5.12. The second-order valence-corrected chi connectivity index (χ2v) is 9.43. The largest absolute Gasteiger partial charge is 0.359 e. The Balaban J connectivity index is 1.92. The van der Waals surface area contributed by atoms with E-state index in [1.165, 1.54) is 22.1 Å².